The fraction of sp³-hybridized carbons (Fsp3) is 0.0714. The van der Waals surface area contributed by atoms with Gasteiger partial charge in [0.2, 0.25) is 5.91 Å². The minimum atomic E-state index is -0.599. The van der Waals surface area contributed by atoms with Crippen molar-refractivity contribution in [1.82, 2.24) is 4.98 Å². The number of rotatable bonds is 4. The Bertz CT molecular complexity index is 686. The second kappa shape index (κ2) is 6.27. The molecule has 0 radical (unpaired) electrons. The first-order chi connectivity index (χ1) is 9.95. The number of nitrogens with one attached hydrogen (secondary N) is 1. The Morgan fingerprint density at radius 3 is 2.38 bits per heavy atom. The number of hydrogen-bond donors (Lipinski definition) is 3. The Labute approximate surface area is 125 Å². The van der Waals surface area contributed by atoms with Crippen LogP contribution in [0.15, 0.2) is 46.3 Å². The van der Waals surface area contributed by atoms with E-state index in [2.05, 4.69) is 10.3 Å². The van der Waals surface area contributed by atoms with Crippen LogP contribution in [0.3, 0.4) is 0 Å². The van der Waals surface area contributed by atoms with Gasteiger partial charge in [0, 0.05) is 17.5 Å². The third-order valence-electron chi connectivity index (χ3n) is 2.53. The van der Waals surface area contributed by atoms with E-state index in [0.29, 0.717) is 16.4 Å². The van der Waals surface area contributed by atoms with Crippen LogP contribution in [0.25, 0.3) is 0 Å². The van der Waals surface area contributed by atoms with Crippen LogP contribution in [0.4, 0.5) is 11.4 Å². The predicted molar refractivity (Wildman–Crippen MR) is 82.0 cm³/mol. The van der Waals surface area contributed by atoms with E-state index < -0.39 is 5.91 Å². The molecule has 108 valence electrons. The first-order valence-corrected chi connectivity index (χ1v) is 6.89. The van der Waals surface area contributed by atoms with Gasteiger partial charge in [-0.15, -0.1) is 0 Å². The maximum absolute atomic E-state index is 11.1. The minimum absolute atomic E-state index is 0.129. The van der Waals surface area contributed by atoms with Gasteiger partial charge in [-0.25, -0.2) is 4.98 Å². The summed E-state index contributed by atoms with van der Waals surface area (Å²) in [5, 5.41) is 3.19. The smallest absolute Gasteiger partial charge is 0.267 e. The molecule has 7 heteroatoms. The summed E-state index contributed by atoms with van der Waals surface area (Å²) in [6.07, 6.45) is 0. The molecule has 2 aromatic rings. The molecule has 0 aliphatic carbocycles. The highest BCUT2D eigenvalue weighted by atomic mass is 32.2. The number of amides is 2. The second-order valence-corrected chi connectivity index (χ2v) is 5.32. The van der Waals surface area contributed by atoms with Crippen molar-refractivity contribution in [3.8, 4) is 0 Å². The van der Waals surface area contributed by atoms with Crippen molar-refractivity contribution in [2.45, 2.75) is 16.8 Å². The molecule has 6 nitrogen and oxygen atoms in total. The average molecular weight is 302 g/mol. The molecule has 0 saturated carbocycles. The zero-order valence-corrected chi connectivity index (χ0v) is 12.1. The Balaban J connectivity index is 2.19. The molecule has 1 aromatic carbocycles. The van der Waals surface area contributed by atoms with Crippen LogP contribution < -0.4 is 16.8 Å². The van der Waals surface area contributed by atoms with E-state index in [1.54, 1.807) is 18.2 Å². The summed E-state index contributed by atoms with van der Waals surface area (Å²) in [6, 6.07) is 10.3. The predicted octanol–water partition coefficient (Wildman–Crippen LogP) is 1.87. The highest BCUT2D eigenvalue weighted by molar-refractivity contribution is 7.99. The number of nitrogens with two attached hydrogens (primary N) is 2. The molecule has 0 spiro atoms. The normalized spacial score (nSPS) is 10.1. The maximum Gasteiger partial charge on any atom is 0.267 e. The summed E-state index contributed by atoms with van der Waals surface area (Å²) in [5.74, 6) is -0.728. The van der Waals surface area contributed by atoms with Crippen LogP contribution >= 0.6 is 11.8 Å². The maximum atomic E-state index is 11.1. The summed E-state index contributed by atoms with van der Waals surface area (Å²) < 4.78 is 0. The molecule has 21 heavy (non-hydrogen) atoms. The van der Waals surface area contributed by atoms with Gasteiger partial charge in [0.25, 0.3) is 5.91 Å². The van der Waals surface area contributed by atoms with Crippen LogP contribution in [0, 0.1) is 0 Å². The Hall–Kier alpha value is -2.54. The van der Waals surface area contributed by atoms with Gasteiger partial charge in [-0.05, 0) is 36.4 Å². The topological polar surface area (TPSA) is 111 Å². The van der Waals surface area contributed by atoms with Crippen LogP contribution in [0.2, 0.25) is 0 Å². The number of nitrogens with zero attached hydrogens (tertiary/aromatic N) is 1. The van der Waals surface area contributed by atoms with Gasteiger partial charge in [0.05, 0.1) is 5.69 Å². The first-order valence-electron chi connectivity index (χ1n) is 6.07. The molecule has 0 unspecified atom stereocenters. The van der Waals surface area contributed by atoms with Gasteiger partial charge >= 0.3 is 0 Å². The van der Waals surface area contributed by atoms with E-state index in [9.17, 15) is 9.59 Å². The van der Waals surface area contributed by atoms with Crippen molar-refractivity contribution in [2.24, 2.45) is 5.73 Å². The molecule has 0 fully saturated rings. The van der Waals surface area contributed by atoms with Crippen molar-refractivity contribution in [1.29, 1.82) is 0 Å². The monoisotopic (exact) mass is 302 g/mol. The quantitative estimate of drug-likeness (QED) is 0.798. The number of primary amides is 1. The van der Waals surface area contributed by atoms with E-state index in [1.807, 2.05) is 12.1 Å². The molecule has 1 aromatic heterocycles. The van der Waals surface area contributed by atoms with Crippen molar-refractivity contribution < 1.29 is 9.59 Å². The summed E-state index contributed by atoms with van der Waals surface area (Å²) in [5.41, 5.74) is 12.4. The second-order valence-electron chi connectivity index (χ2n) is 4.26. The highest BCUT2D eigenvalue weighted by Crippen LogP contribution is 2.31. The third kappa shape index (κ3) is 3.96. The Kier molecular flexibility index (Phi) is 4.44. The lowest BCUT2D eigenvalue weighted by molar-refractivity contribution is -0.114. The molecule has 0 bridgehead atoms. The molecule has 0 aliphatic rings. The highest BCUT2D eigenvalue weighted by Gasteiger charge is 2.09. The fourth-order valence-corrected chi connectivity index (χ4v) is 2.42. The van der Waals surface area contributed by atoms with Gasteiger partial charge < -0.3 is 16.8 Å². The summed E-state index contributed by atoms with van der Waals surface area (Å²) in [6.45, 7) is 1.45. The first kappa shape index (κ1) is 14.9. The van der Waals surface area contributed by atoms with Crippen LogP contribution in [-0.2, 0) is 4.79 Å². The molecule has 5 N–H and O–H groups in total. The summed E-state index contributed by atoms with van der Waals surface area (Å²) in [7, 11) is 0. The van der Waals surface area contributed by atoms with Gasteiger partial charge in [0.15, 0.2) is 0 Å². The lowest BCUT2D eigenvalue weighted by Crippen LogP contribution is -2.13. The van der Waals surface area contributed by atoms with Crippen molar-refractivity contribution >= 4 is 35.0 Å². The van der Waals surface area contributed by atoms with Crippen molar-refractivity contribution in [3.05, 3.63) is 42.1 Å². The number of anilines is 2. The molecule has 0 aliphatic heterocycles. The van der Waals surface area contributed by atoms with Crippen LogP contribution in [0.5, 0.6) is 0 Å². The zero-order chi connectivity index (χ0) is 15.4. The average Bonchev–Trinajstić information content (AvgIpc) is 2.42. The number of hydrogen-bond acceptors (Lipinski definition) is 5. The SMILES string of the molecule is CC(=O)Nc1ccc(Sc2nc(C(N)=O)ccc2N)cc1. The molecule has 0 saturated heterocycles. The van der Waals surface area contributed by atoms with E-state index in [1.165, 1.54) is 24.8 Å². The van der Waals surface area contributed by atoms with Crippen LogP contribution in [0.1, 0.15) is 17.4 Å². The molecule has 2 amide bonds. The number of pyridine rings is 1. The summed E-state index contributed by atoms with van der Waals surface area (Å²) >= 11 is 1.32. The van der Waals surface area contributed by atoms with Gasteiger partial charge in [-0.3, -0.25) is 9.59 Å². The Morgan fingerprint density at radius 2 is 1.81 bits per heavy atom. The van der Waals surface area contributed by atoms with E-state index in [0.717, 1.165) is 4.90 Å². The number of carbonyl (C=O) groups excluding carboxylic acids is 2. The van der Waals surface area contributed by atoms with Gasteiger partial charge in [-0.1, -0.05) is 11.8 Å². The molecule has 1 heterocycles. The number of carbonyl (C=O) groups is 2. The van der Waals surface area contributed by atoms with Gasteiger partial charge in [0.1, 0.15) is 10.7 Å². The molecular formula is C14H14N4O2S. The van der Waals surface area contributed by atoms with E-state index >= 15 is 0 Å². The molecular weight excluding hydrogens is 288 g/mol. The van der Waals surface area contributed by atoms with Crippen LogP contribution in [-0.4, -0.2) is 16.8 Å². The summed E-state index contributed by atoms with van der Waals surface area (Å²) in [4.78, 5) is 27.1. The van der Waals surface area contributed by atoms with Crippen molar-refractivity contribution in [2.75, 3.05) is 11.1 Å². The lowest BCUT2D eigenvalue weighted by atomic mass is 10.3. The number of aromatic nitrogens is 1. The zero-order valence-electron chi connectivity index (χ0n) is 11.3. The Morgan fingerprint density at radius 1 is 1.14 bits per heavy atom. The standard InChI is InChI=1S/C14H14N4O2S/c1-8(19)17-9-2-4-10(5-3-9)21-14-11(15)6-7-12(18-14)13(16)20/h2-7H,15H2,1H3,(H2,16,20)(H,17,19). The van der Waals surface area contributed by atoms with E-state index in [-0.39, 0.29) is 11.6 Å². The largest absolute Gasteiger partial charge is 0.397 e. The van der Waals surface area contributed by atoms with Crippen molar-refractivity contribution in [3.63, 3.8) is 0 Å². The van der Waals surface area contributed by atoms with E-state index in [4.69, 9.17) is 11.5 Å². The third-order valence-corrected chi connectivity index (χ3v) is 3.56. The molecule has 2 rings (SSSR count). The van der Waals surface area contributed by atoms with Gasteiger partial charge in [-0.2, -0.15) is 0 Å². The lowest BCUT2D eigenvalue weighted by Gasteiger charge is -2.07. The molecule has 0 atom stereocenters. The minimum Gasteiger partial charge on any atom is -0.397 e. The number of nitrogen functional groups attached to an aromatic ring is 1. The number of benzene rings is 1. The fourth-order valence-electron chi connectivity index (χ4n) is 1.59.